The quantitative estimate of drug-likeness (QED) is 0.417. The highest BCUT2D eigenvalue weighted by atomic mass is 35.5. The van der Waals surface area contributed by atoms with E-state index in [2.05, 4.69) is 33.1 Å². The van der Waals surface area contributed by atoms with Crippen LogP contribution in [0.3, 0.4) is 0 Å². The fourth-order valence-corrected chi connectivity index (χ4v) is 5.03. The van der Waals surface area contributed by atoms with Crippen LogP contribution in [-0.4, -0.2) is 44.9 Å². The van der Waals surface area contributed by atoms with Gasteiger partial charge in [0, 0.05) is 38.3 Å². The maximum Gasteiger partial charge on any atom is 0.331 e. The Morgan fingerprint density at radius 2 is 1.89 bits per heavy atom. The van der Waals surface area contributed by atoms with Crippen LogP contribution < -0.4 is 21.5 Å². The molecule has 1 N–H and O–H groups in total. The molecule has 9 nitrogen and oxygen atoms in total. The normalized spacial score (nSPS) is 13.5. The summed E-state index contributed by atoms with van der Waals surface area (Å²) in [7, 11) is 1.61. The van der Waals surface area contributed by atoms with Crippen molar-refractivity contribution in [2.45, 2.75) is 26.4 Å². The van der Waals surface area contributed by atoms with Gasteiger partial charge in [0.05, 0.1) is 24.3 Å². The van der Waals surface area contributed by atoms with Crippen LogP contribution in [0.5, 0.6) is 0 Å². The first-order valence-corrected chi connectivity index (χ1v) is 12.0. The lowest BCUT2D eigenvalue weighted by Crippen LogP contribution is -2.40. The second-order valence-corrected chi connectivity index (χ2v) is 8.82. The number of benzene rings is 1. The summed E-state index contributed by atoms with van der Waals surface area (Å²) in [5.41, 5.74) is 0.691. The van der Waals surface area contributed by atoms with Crippen LogP contribution in [0.25, 0.3) is 21.8 Å². The molecule has 3 aromatic heterocycles. The van der Waals surface area contributed by atoms with Crippen LogP contribution in [0.15, 0.2) is 46.1 Å². The molecule has 1 aromatic carbocycles. The molecule has 190 valence electrons. The SMILES string of the molecule is CC#CCn1c(N2CCCNCC2)c(C#N)c2c1c(=O)n(Cc1nccc3ccccc13)c(=O)n2C.Cl. The zero-order valence-corrected chi connectivity index (χ0v) is 21.6. The summed E-state index contributed by atoms with van der Waals surface area (Å²) in [4.78, 5) is 34.1. The molecule has 10 heteroatoms. The third kappa shape index (κ3) is 4.48. The summed E-state index contributed by atoms with van der Waals surface area (Å²) in [6, 6.07) is 11.9. The Morgan fingerprint density at radius 1 is 1.08 bits per heavy atom. The van der Waals surface area contributed by atoms with Crippen molar-refractivity contribution in [1.82, 2.24) is 24.0 Å². The van der Waals surface area contributed by atoms with Crippen molar-refractivity contribution >= 4 is 40.0 Å². The average molecular weight is 518 g/mol. The number of anilines is 1. The predicted octanol–water partition coefficient (Wildman–Crippen LogP) is 2.21. The molecule has 1 aliphatic rings. The van der Waals surface area contributed by atoms with Crippen molar-refractivity contribution in [3.63, 3.8) is 0 Å². The summed E-state index contributed by atoms with van der Waals surface area (Å²) >= 11 is 0. The number of pyridine rings is 1. The summed E-state index contributed by atoms with van der Waals surface area (Å²) < 4.78 is 4.43. The Labute approximate surface area is 220 Å². The minimum atomic E-state index is -0.485. The zero-order chi connectivity index (χ0) is 25.2. The maximum absolute atomic E-state index is 14.0. The largest absolute Gasteiger partial charge is 0.355 e. The van der Waals surface area contributed by atoms with Gasteiger partial charge in [-0.15, -0.1) is 18.3 Å². The van der Waals surface area contributed by atoms with Crippen LogP contribution >= 0.6 is 12.4 Å². The Kier molecular flexibility index (Phi) is 7.68. The maximum atomic E-state index is 14.0. The van der Waals surface area contributed by atoms with Gasteiger partial charge >= 0.3 is 5.69 Å². The number of nitrogens with one attached hydrogen (secondary N) is 1. The molecule has 0 unspecified atom stereocenters. The lowest BCUT2D eigenvalue weighted by atomic mass is 10.1. The van der Waals surface area contributed by atoms with Gasteiger partial charge in [-0.2, -0.15) is 5.26 Å². The van der Waals surface area contributed by atoms with Crippen molar-refractivity contribution < 1.29 is 0 Å². The third-order valence-corrected chi connectivity index (χ3v) is 6.74. The number of aromatic nitrogens is 4. The number of halogens is 1. The highest BCUT2D eigenvalue weighted by molar-refractivity contribution is 5.90. The lowest BCUT2D eigenvalue weighted by molar-refractivity contribution is 0.648. The van der Waals surface area contributed by atoms with Crippen LogP contribution in [0.2, 0.25) is 0 Å². The van der Waals surface area contributed by atoms with Gasteiger partial charge in [-0.05, 0) is 31.3 Å². The Balaban J connectivity index is 0.00000320. The summed E-state index contributed by atoms with van der Waals surface area (Å²) in [6.45, 7) is 5.09. The van der Waals surface area contributed by atoms with E-state index >= 15 is 0 Å². The minimum absolute atomic E-state index is 0. The molecular formula is C27H28ClN7O2. The molecule has 0 aliphatic carbocycles. The second kappa shape index (κ2) is 10.9. The first-order chi connectivity index (χ1) is 17.6. The molecule has 0 spiro atoms. The summed E-state index contributed by atoms with van der Waals surface area (Å²) in [5.74, 6) is 6.60. The van der Waals surface area contributed by atoms with Crippen molar-refractivity contribution in [3.05, 3.63) is 68.6 Å². The van der Waals surface area contributed by atoms with Gasteiger partial charge in [0.25, 0.3) is 5.56 Å². The van der Waals surface area contributed by atoms with E-state index in [0.717, 1.165) is 36.8 Å². The van der Waals surface area contributed by atoms with E-state index in [-0.39, 0.29) is 25.5 Å². The van der Waals surface area contributed by atoms with Gasteiger partial charge in [0.15, 0.2) is 0 Å². The van der Waals surface area contributed by atoms with E-state index in [4.69, 9.17) is 0 Å². The third-order valence-electron chi connectivity index (χ3n) is 6.74. The van der Waals surface area contributed by atoms with Gasteiger partial charge < -0.3 is 14.8 Å². The first kappa shape index (κ1) is 26.0. The van der Waals surface area contributed by atoms with E-state index in [9.17, 15) is 14.9 Å². The molecule has 0 atom stereocenters. The summed E-state index contributed by atoms with van der Waals surface area (Å²) in [5, 5.41) is 15.5. The van der Waals surface area contributed by atoms with Crippen molar-refractivity contribution in [2.24, 2.45) is 7.05 Å². The number of hydrogen-bond donors (Lipinski definition) is 1. The topological polar surface area (TPSA) is 101 Å². The number of rotatable bonds is 4. The van der Waals surface area contributed by atoms with Crippen LogP contribution in [0, 0.1) is 23.2 Å². The lowest BCUT2D eigenvalue weighted by Gasteiger charge is -2.24. The van der Waals surface area contributed by atoms with E-state index in [1.165, 1.54) is 9.13 Å². The monoisotopic (exact) mass is 517 g/mol. The molecule has 0 saturated carbocycles. The Bertz CT molecular complexity index is 1690. The van der Waals surface area contributed by atoms with Crippen LogP contribution in [-0.2, 0) is 20.1 Å². The number of hydrogen-bond acceptors (Lipinski definition) is 6. The van der Waals surface area contributed by atoms with E-state index in [0.29, 0.717) is 34.7 Å². The van der Waals surface area contributed by atoms with Crippen LogP contribution in [0.4, 0.5) is 5.82 Å². The smallest absolute Gasteiger partial charge is 0.331 e. The molecule has 1 saturated heterocycles. The number of nitrogens with zero attached hydrogens (tertiary/aromatic N) is 6. The van der Waals surface area contributed by atoms with Gasteiger partial charge in [0.1, 0.15) is 23.0 Å². The van der Waals surface area contributed by atoms with Crippen molar-refractivity contribution in [2.75, 3.05) is 31.1 Å². The van der Waals surface area contributed by atoms with Gasteiger partial charge in [0.2, 0.25) is 0 Å². The predicted molar refractivity (Wildman–Crippen MR) is 147 cm³/mol. The number of nitriles is 1. The highest BCUT2D eigenvalue weighted by Gasteiger charge is 2.28. The molecule has 1 fully saturated rings. The molecule has 0 bridgehead atoms. The fourth-order valence-electron chi connectivity index (χ4n) is 5.03. The zero-order valence-electron chi connectivity index (χ0n) is 20.8. The second-order valence-electron chi connectivity index (χ2n) is 8.82. The molecule has 5 rings (SSSR count). The molecular weight excluding hydrogens is 490 g/mol. The Morgan fingerprint density at radius 3 is 2.68 bits per heavy atom. The first-order valence-electron chi connectivity index (χ1n) is 12.0. The van der Waals surface area contributed by atoms with Gasteiger partial charge in [-0.3, -0.25) is 18.9 Å². The van der Waals surface area contributed by atoms with Crippen molar-refractivity contribution in [1.29, 1.82) is 5.26 Å². The van der Waals surface area contributed by atoms with E-state index in [1.54, 1.807) is 20.2 Å². The van der Waals surface area contributed by atoms with E-state index < -0.39 is 11.2 Å². The number of aryl methyl sites for hydroxylation is 1. The average Bonchev–Trinajstić information content (AvgIpc) is 3.02. The molecule has 1 aliphatic heterocycles. The summed E-state index contributed by atoms with van der Waals surface area (Å²) in [6.07, 6.45) is 2.59. The minimum Gasteiger partial charge on any atom is -0.355 e. The molecule has 0 amide bonds. The molecule has 4 aromatic rings. The molecule has 4 heterocycles. The Hall–Kier alpha value is -4.05. The fraction of sp³-hybridized carbons (Fsp3) is 0.333. The molecule has 0 radical (unpaired) electrons. The van der Waals surface area contributed by atoms with E-state index in [1.807, 2.05) is 34.9 Å². The highest BCUT2D eigenvalue weighted by Crippen LogP contribution is 2.30. The standard InChI is InChI=1S/C27H27N7O2.ClH/c1-3-4-15-33-24-23(21(17-28)25(33)32-14-7-11-29-13-16-32)31(2)27(36)34(26(24)35)18-22-20-9-6-5-8-19(20)10-12-30-22;/h5-6,8-10,12,29H,7,11,13-16,18H2,1-2H3;1H. The van der Waals surface area contributed by atoms with Crippen molar-refractivity contribution in [3.8, 4) is 17.9 Å². The van der Waals surface area contributed by atoms with Crippen LogP contribution in [0.1, 0.15) is 24.6 Å². The molecule has 37 heavy (non-hydrogen) atoms. The number of fused-ring (bicyclic) bond motifs is 2. The van der Waals surface area contributed by atoms with Gasteiger partial charge in [-0.25, -0.2) is 4.79 Å². The van der Waals surface area contributed by atoms with Gasteiger partial charge in [-0.1, -0.05) is 30.2 Å².